The number of hydrogen-bond donors (Lipinski definition) is 0. The van der Waals surface area contributed by atoms with Crippen molar-refractivity contribution in [2.75, 3.05) is 16.8 Å². The van der Waals surface area contributed by atoms with Crippen molar-refractivity contribution in [1.82, 2.24) is 0 Å². The largest absolute Gasteiger partial charge is 0.328 e. The number of carbonyl (C=O) groups excluding carboxylic acids is 1. The monoisotopic (exact) mass is 444 g/mol. The van der Waals surface area contributed by atoms with Gasteiger partial charge in [0.1, 0.15) is 0 Å². The number of likely N-dealkylation sites (N-methyl/N-ethyl adjacent to an activating group) is 1. The van der Waals surface area contributed by atoms with Crippen molar-refractivity contribution >= 4 is 39.3 Å². The lowest BCUT2D eigenvalue weighted by molar-refractivity contribution is -0.147. The molecule has 1 spiro atoms. The number of halogens is 1. The summed E-state index contributed by atoms with van der Waals surface area (Å²) in [5, 5.41) is 0. The number of rotatable bonds is 0. The van der Waals surface area contributed by atoms with E-state index in [9.17, 15) is 4.79 Å². The maximum absolute atomic E-state index is 13.7. The van der Waals surface area contributed by atoms with Gasteiger partial charge >= 0.3 is 0 Å². The minimum atomic E-state index is -1.18. The van der Waals surface area contributed by atoms with Crippen molar-refractivity contribution < 1.29 is 9.53 Å². The molecular formula is C24H17BrN2O2. The Morgan fingerprint density at radius 1 is 0.966 bits per heavy atom. The van der Waals surface area contributed by atoms with Crippen molar-refractivity contribution in [1.29, 1.82) is 0 Å². The molecule has 0 bridgehead atoms. The van der Waals surface area contributed by atoms with Gasteiger partial charge in [-0.2, -0.15) is 0 Å². The lowest BCUT2D eigenvalue weighted by Crippen LogP contribution is -2.49. The molecule has 142 valence electrons. The predicted octanol–water partition coefficient (Wildman–Crippen LogP) is 5.19. The molecule has 0 N–H and O–H groups in total. The Morgan fingerprint density at radius 2 is 1.76 bits per heavy atom. The topological polar surface area (TPSA) is 32.8 Å². The Hall–Kier alpha value is -2.89. The lowest BCUT2D eigenvalue weighted by atomic mass is 9.83. The number of anilines is 2. The van der Waals surface area contributed by atoms with Crippen LogP contribution in [0.5, 0.6) is 0 Å². The van der Waals surface area contributed by atoms with Crippen LogP contribution in [0.1, 0.15) is 28.5 Å². The van der Waals surface area contributed by atoms with Crippen LogP contribution in [0.3, 0.4) is 0 Å². The highest BCUT2D eigenvalue weighted by Gasteiger charge is 2.58. The molecule has 0 saturated carbocycles. The Labute approximate surface area is 177 Å². The fraction of sp³-hybridized carbons (Fsp3) is 0.125. The SMILES string of the molecule is CN1C(=O)[C@@]2(O[C@H]3c4ccccc4C=CN3c3ccccc32)c2cc(Br)ccc21. The first kappa shape index (κ1) is 17.0. The minimum Gasteiger partial charge on any atom is -0.328 e. The molecule has 0 aliphatic carbocycles. The van der Waals surface area contributed by atoms with Crippen molar-refractivity contribution in [3.63, 3.8) is 0 Å². The highest BCUT2D eigenvalue weighted by Crippen LogP contribution is 2.56. The van der Waals surface area contributed by atoms with Gasteiger partial charge in [0, 0.05) is 34.4 Å². The van der Waals surface area contributed by atoms with Gasteiger partial charge < -0.3 is 14.5 Å². The Bertz CT molecular complexity index is 1220. The number of carbonyl (C=O) groups is 1. The van der Waals surface area contributed by atoms with Crippen LogP contribution in [0.4, 0.5) is 11.4 Å². The molecule has 0 radical (unpaired) electrons. The highest BCUT2D eigenvalue weighted by atomic mass is 79.9. The molecule has 2 atom stereocenters. The molecule has 5 heteroatoms. The Morgan fingerprint density at radius 3 is 2.66 bits per heavy atom. The van der Waals surface area contributed by atoms with Crippen LogP contribution in [-0.4, -0.2) is 13.0 Å². The van der Waals surface area contributed by atoms with Gasteiger partial charge in [0.2, 0.25) is 5.60 Å². The van der Waals surface area contributed by atoms with Gasteiger partial charge in [-0.1, -0.05) is 58.4 Å². The van der Waals surface area contributed by atoms with Gasteiger partial charge in [0.25, 0.3) is 5.91 Å². The van der Waals surface area contributed by atoms with E-state index in [-0.39, 0.29) is 12.1 Å². The van der Waals surface area contributed by atoms with Crippen molar-refractivity contribution in [3.05, 3.63) is 99.7 Å². The van der Waals surface area contributed by atoms with Crippen LogP contribution < -0.4 is 9.80 Å². The number of fused-ring (bicyclic) bond motifs is 8. The zero-order valence-corrected chi connectivity index (χ0v) is 17.3. The summed E-state index contributed by atoms with van der Waals surface area (Å²) < 4.78 is 7.74. The third-order valence-corrected chi connectivity index (χ3v) is 6.58. The number of benzene rings is 3. The molecule has 0 unspecified atom stereocenters. The zero-order valence-electron chi connectivity index (χ0n) is 15.7. The Kier molecular flexibility index (Phi) is 3.41. The molecule has 0 aromatic heterocycles. The van der Waals surface area contributed by atoms with Gasteiger partial charge in [-0.15, -0.1) is 0 Å². The van der Waals surface area contributed by atoms with Gasteiger partial charge in [-0.05, 0) is 35.9 Å². The third kappa shape index (κ3) is 2.09. The van der Waals surface area contributed by atoms with Crippen LogP contribution in [-0.2, 0) is 15.1 Å². The van der Waals surface area contributed by atoms with E-state index >= 15 is 0 Å². The van der Waals surface area contributed by atoms with E-state index in [2.05, 4.69) is 45.1 Å². The Balaban J connectivity index is 1.68. The second-order valence-electron chi connectivity index (χ2n) is 7.55. The molecule has 6 rings (SSSR count). The van der Waals surface area contributed by atoms with Crippen molar-refractivity contribution in [2.45, 2.75) is 11.8 Å². The maximum Gasteiger partial charge on any atom is 0.268 e. The van der Waals surface area contributed by atoms with E-state index in [0.29, 0.717) is 0 Å². The zero-order chi connectivity index (χ0) is 19.8. The van der Waals surface area contributed by atoms with Gasteiger partial charge in [-0.25, -0.2) is 0 Å². The van der Waals surface area contributed by atoms with Crippen molar-refractivity contribution in [2.24, 2.45) is 0 Å². The van der Waals surface area contributed by atoms with Crippen LogP contribution in [0.15, 0.2) is 77.4 Å². The van der Waals surface area contributed by atoms with E-state index in [4.69, 9.17) is 4.74 Å². The smallest absolute Gasteiger partial charge is 0.268 e. The van der Waals surface area contributed by atoms with E-state index < -0.39 is 5.60 Å². The fourth-order valence-electron chi connectivity index (χ4n) is 4.75. The van der Waals surface area contributed by atoms with E-state index in [0.717, 1.165) is 38.1 Å². The minimum absolute atomic E-state index is 0.0651. The molecular weight excluding hydrogens is 428 g/mol. The second kappa shape index (κ2) is 5.81. The standard InChI is InChI=1S/C24H17BrN2O2/c1-26-20-11-10-16(25)14-19(20)24(23(26)28)18-8-4-5-9-21(18)27-13-12-15-6-2-3-7-17(15)22(27)29-24/h2-14,22H,1H3/t22-,24-/m0/s1. The lowest BCUT2D eigenvalue weighted by Gasteiger charge is -2.46. The molecule has 0 saturated heterocycles. The van der Waals surface area contributed by atoms with Gasteiger partial charge in [0.05, 0.1) is 11.4 Å². The number of nitrogens with zero attached hydrogens (tertiary/aromatic N) is 2. The number of amides is 1. The average Bonchev–Trinajstić information content (AvgIpc) is 2.96. The molecule has 3 heterocycles. The quantitative estimate of drug-likeness (QED) is 0.478. The van der Waals surface area contributed by atoms with Crippen molar-refractivity contribution in [3.8, 4) is 0 Å². The number of para-hydroxylation sites is 1. The summed E-state index contributed by atoms with van der Waals surface area (Å²) in [6.45, 7) is 0. The summed E-state index contributed by atoms with van der Waals surface area (Å²) in [6, 6.07) is 22.2. The van der Waals surface area contributed by atoms with E-state index in [1.165, 1.54) is 0 Å². The highest BCUT2D eigenvalue weighted by molar-refractivity contribution is 9.10. The van der Waals surface area contributed by atoms with E-state index in [1.807, 2.05) is 61.8 Å². The normalized spacial score (nSPS) is 23.7. The first-order chi connectivity index (χ1) is 14.1. The van der Waals surface area contributed by atoms with Gasteiger partial charge in [0.15, 0.2) is 6.23 Å². The van der Waals surface area contributed by atoms with Gasteiger partial charge in [-0.3, -0.25) is 4.79 Å². The summed E-state index contributed by atoms with van der Waals surface area (Å²) in [5.74, 6) is -0.0651. The summed E-state index contributed by atoms with van der Waals surface area (Å²) in [4.78, 5) is 17.6. The number of hydrogen-bond acceptors (Lipinski definition) is 3. The van der Waals surface area contributed by atoms with Crippen LogP contribution in [0, 0.1) is 0 Å². The predicted molar refractivity (Wildman–Crippen MR) is 117 cm³/mol. The maximum atomic E-state index is 13.7. The van der Waals surface area contributed by atoms with Crippen LogP contribution >= 0.6 is 15.9 Å². The first-order valence-corrected chi connectivity index (χ1v) is 10.3. The molecule has 3 aliphatic rings. The van der Waals surface area contributed by atoms with Crippen LogP contribution in [0.2, 0.25) is 0 Å². The third-order valence-electron chi connectivity index (χ3n) is 6.08. The molecule has 0 fully saturated rings. The molecule has 3 aromatic rings. The molecule has 4 nitrogen and oxygen atoms in total. The number of ether oxygens (including phenoxy) is 1. The fourth-order valence-corrected chi connectivity index (χ4v) is 5.11. The molecule has 29 heavy (non-hydrogen) atoms. The summed E-state index contributed by atoms with van der Waals surface area (Å²) in [7, 11) is 1.82. The van der Waals surface area contributed by atoms with Crippen LogP contribution in [0.25, 0.3) is 6.08 Å². The van der Waals surface area contributed by atoms with E-state index in [1.54, 1.807) is 4.90 Å². The summed E-state index contributed by atoms with van der Waals surface area (Å²) >= 11 is 3.58. The molecule has 3 aromatic carbocycles. The molecule has 3 aliphatic heterocycles. The first-order valence-electron chi connectivity index (χ1n) is 9.52. The summed E-state index contributed by atoms with van der Waals surface area (Å²) in [5.41, 5.74) is 4.60. The molecule has 1 amide bonds. The summed E-state index contributed by atoms with van der Waals surface area (Å²) in [6.07, 6.45) is 3.76. The average molecular weight is 445 g/mol. The second-order valence-corrected chi connectivity index (χ2v) is 8.46.